The molecule has 18 heavy (non-hydrogen) atoms. The van der Waals surface area contributed by atoms with Gasteiger partial charge in [-0.25, -0.2) is 8.78 Å². The van der Waals surface area contributed by atoms with Crippen LogP contribution in [0, 0.1) is 11.6 Å². The number of benzene rings is 1. The van der Waals surface area contributed by atoms with Crippen molar-refractivity contribution < 1.29 is 8.78 Å². The van der Waals surface area contributed by atoms with Crippen LogP contribution in [-0.2, 0) is 6.42 Å². The summed E-state index contributed by atoms with van der Waals surface area (Å²) in [6.45, 7) is 5.95. The SMILES string of the molecule is CCN(CC)C(N)=NCCc1ccc(F)cc1F. The van der Waals surface area contributed by atoms with Crippen LogP contribution in [0.15, 0.2) is 23.2 Å². The molecule has 0 aliphatic carbocycles. The van der Waals surface area contributed by atoms with Crippen LogP contribution in [0.3, 0.4) is 0 Å². The van der Waals surface area contributed by atoms with Gasteiger partial charge in [-0.1, -0.05) is 6.07 Å². The van der Waals surface area contributed by atoms with Crippen LogP contribution in [-0.4, -0.2) is 30.5 Å². The summed E-state index contributed by atoms with van der Waals surface area (Å²) >= 11 is 0. The zero-order chi connectivity index (χ0) is 13.5. The molecule has 0 saturated carbocycles. The molecule has 1 rings (SSSR count). The topological polar surface area (TPSA) is 41.6 Å². The van der Waals surface area contributed by atoms with E-state index >= 15 is 0 Å². The van der Waals surface area contributed by atoms with Crippen LogP contribution in [0.25, 0.3) is 0 Å². The largest absolute Gasteiger partial charge is 0.370 e. The normalized spacial score (nSPS) is 11.7. The van der Waals surface area contributed by atoms with Crippen LogP contribution in [0.1, 0.15) is 19.4 Å². The predicted molar refractivity (Wildman–Crippen MR) is 69.5 cm³/mol. The van der Waals surface area contributed by atoms with Gasteiger partial charge >= 0.3 is 0 Å². The van der Waals surface area contributed by atoms with Gasteiger partial charge in [-0.05, 0) is 31.9 Å². The van der Waals surface area contributed by atoms with E-state index in [1.54, 1.807) is 0 Å². The average Bonchev–Trinajstić information content (AvgIpc) is 2.33. The van der Waals surface area contributed by atoms with Gasteiger partial charge in [0.2, 0.25) is 0 Å². The van der Waals surface area contributed by atoms with Crippen molar-refractivity contribution in [1.82, 2.24) is 4.90 Å². The predicted octanol–water partition coefficient (Wildman–Crippen LogP) is 2.16. The Bertz CT molecular complexity index is 415. The molecule has 0 saturated heterocycles. The molecule has 0 atom stereocenters. The second kappa shape index (κ2) is 6.93. The van der Waals surface area contributed by atoms with Crippen molar-refractivity contribution in [1.29, 1.82) is 0 Å². The molecule has 0 aromatic heterocycles. The summed E-state index contributed by atoms with van der Waals surface area (Å²) in [6.07, 6.45) is 0.411. The van der Waals surface area contributed by atoms with E-state index in [-0.39, 0.29) is 0 Å². The van der Waals surface area contributed by atoms with Gasteiger partial charge in [0.25, 0.3) is 0 Å². The van der Waals surface area contributed by atoms with E-state index in [2.05, 4.69) is 4.99 Å². The molecule has 0 radical (unpaired) electrons. The standard InChI is InChI=1S/C13H19F2N3/c1-3-18(4-2)13(16)17-8-7-10-5-6-11(14)9-12(10)15/h5-6,9H,3-4,7-8H2,1-2H3,(H2,16,17). The Kier molecular flexibility index (Phi) is 5.55. The van der Waals surface area contributed by atoms with Gasteiger partial charge < -0.3 is 10.6 Å². The lowest BCUT2D eigenvalue weighted by Crippen LogP contribution is -2.37. The molecular weight excluding hydrogens is 236 g/mol. The monoisotopic (exact) mass is 255 g/mol. The number of nitrogens with zero attached hydrogens (tertiary/aromatic N) is 2. The van der Waals surface area contributed by atoms with E-state index in [0.29, 0.717) is 24.5 Å². The summed E-state index contributed by atoms with van der Waals surface area (Å²) in [5.74, 6) is -0.642. The number of guanidine groups is 1. The summed E-state index contributed by atoms with van der Waals surface area (Å²) in [5, 5.41) is 0. The van der Waals surface area contributed by atoms with E-state index in [1.807, 2.05) is 18.7 Å². The Hall–Kier alpha value is -1.65. The van der Waals surface area contributed by atoms with Gasteiger partial charge in [-0.15, -0.1) is 0 Å². The third kappa shape index (κ3) is 3.98. The molecule has 0 amide bonds. The fraction of sp³-hybridized carbons (Fsp3) is 0.462. The number of hydrogen-bond donors (Lipinski definition) is 1. The van der Waals surface area contributed by atoms with Gasteiger partial charge in [0.1, 0.15) is 11.6 Å². The first kappa shape index (κ1) is 14.4. The van der Waals surface area contributed by atoms with Crippen LogP contribution >= 0.6 is 0 Å². The van der Waals surface area contributed by atoms with Crippen molar-refractivity contribution in [2.75, 3.05) is 19.6 Å². The molecular formula is C13H19F2N3. The maximum Gasteiger partial charge on any atom is 0.191 e. The molecule has 2 N–H and O–H groups in total. The summed E-state index contributed by atoms with van der Waals surface area (Å²) in [4.78, 5) is 6.10. The number of nitrogens with two attached hydrogens (primary N) is 1. The van der Waals surface area contributed by atoms with E-state index in [0.717, 1.165) is 19.2 Å². The van der Waals surface area contributed by atoms with Crippen LogP contribution in [0.5, 0.6) is 0 Å². The Morgan fingerprint density at radius 1 is 1.28 bits per heavy atom. The lowest BCUT2D eigenvalue weighted by atomic mass is 10.1. The Morgan fingerprint density at radius 2 is 1.94 bits per heavy atom. The molecule has 0 heterocycles. The van der Waals surface area contributed by atoms with Gasteiger partial charge in [0.15, 0.2) is 5.96 Å². The minimum Gasteiger partial charge on any atom is -0.370 e. The third-order valence-corrected chi connectivity index (χ3v) is 2.76. The molecule has 1 aromatic rings. The summed E-state index contributed by atoms with van der Waals surface area (Å²) in [7, 11) is 0. The van der Waals surface area contributed by atoms with Gasteiger partial charge in [0, 0.05) is 25.7 Å². The van der Waals surface area contributed by atoms with Crippen molar-refractivity contribution in [3.63, 3.8) is 0 Å². The third-order valence-electron chi connectivity index (χ3n) is 2.76. The lowest BCUT2D eigenvalue weighted by Gasteiger charge is -2.19. The average molecular weight is 255 g/mol. The molecule has 0 bridgehead atoms. The molecule has 0 aliphatic rings. The maximum atomic E-state index is 13.3. The highest BCUT2D eigenvalue weighted by molar-refractivity contribution is 5.77. The van der Waals surface area contributed by atoms with Gasteiger partial charge in [-0.3, -0.25) is 4.99 Å². The maximum absolute atomic E-state index is 13.3. The first-order chi connectivity index (χ1) is 8.58. The van der Waals surface area contributed by atoms with Crippen molar-refractivity contribution >= 4 is 5.96 Å². The van der Waals surface area contributed by atoms with Crippen LogP contribution < -0.4 is 5.73 Å². The molecule has 3 nitrogen and oxygen atoms in total. The molecule has 0 fully saturated rings. The number of hydrogen-bond acceptors (Lipinski definition) is 1. The minimum atomic E-state index is -0.567. The van der Waals surface area contributed by atoms with E-state index in [9.17, 15) is 8.78 Å². The van der Waals surface area contributed by atoms with E-state index in [4.69, 9.17) is 5.73 Å². The second-order valence-corrected chi connectivity index (χ2v) is 3.90. The Labute approximate surface area is 106 Å². The minimum absolute atomic E-state index is 0.394. The van der Waals surface area contributed by atoms with Crippen LogP contribution in [0.4, 0.5) is 8.78 Å². The van der Waals surface area contributed by atoms with Crippen molar-refractivity contribution in [3.05, 3.63) is 35.4 Å². The first-order valence-corrected chi connectivity index (χ1v) is 6.07. The summed E-state index contributed by atoms with van der Waals surface area (Å²) < 4.78 is 26.0. The van der Waals surface area contributed by atoms with E-state index in [1.165, 1.54) is 12.1 Å². The smallest absolute Gasteiger partial charge is 0.191 e. The number of halogens is 2. The zero-order valence-corrected chi connectivity index (χ0v) is 10.8. The van der Waals surface area contributed by atoms with Crippen molar-refractivity contribution in [2.24, 2.45) is 10.7 Å². The summed E-state index contributed by atoms with van der Waals surface area (Å²) in [5.41, 5.74) is 6.24. The zero-order valence-electron chi connectivity index (χ0n) is 10.8. The number of rotatable bonds is 5. The van der Waals surface area contributed by atoms with Gasteiger partial charge in [-0.2, -0.15) is 0 Å². The highest BCUT2D eigenvalue weighted by Gasteiger charge is 2.04. The van der Waals surface area contributed by atoms with Crippen LogP contribution in [0.2, 0.25) is 0 Å². The summed E-state index contributed by atoms with van der Waals surface area (Å²) in [6, 6.07) is 3.57. The second-order valence-electron chi connectivity index (χ2n) is 3.90. The number of aliphatic imine (C=N–C) groups is 1. The fourth-order valence-electron chi connectivity index (χ4n) is 1.66. The highest BCUT2D eigenvalue weighted by atomic mass is 19.1. The Morgan fingerprint density at radius 3 is 2.50 bits per heavy atom. The molecule has 5 heteroatoms. The quantitative estimate of drug-likeness (QED) is 0.647. The van der Waals surface area contributed by atoms with Crippen molar-refractivity contribution in [2.45, 2.75) is 20.3 Å². The fourth-order valence-corrected chi connectivity index (χ4v) is 1.66. The molecule has 1 aromatic carbocycles. The lowest BCUT2D eigenvalue weighted by molar-refractivity contribution is 0.458. The first-order valence-electron chi connectivity index (χ1n) is 6.07. The van der Waals surface area contributed by atoms with Crippen molar-refractivity contribution in [3.8, 4) is 0 Å². The molecule has 0 unspecified atom stereocenters. The molecule has 0 spiro atoms. The van der Waals surface area contributed by atoms with E-state index < -0.39 is 11.6 Å². The van der Waals surface area contributed by atoms with Gasteiger partial charge in [0.05, 0.1) is 0 Å². The Balaban J connectivity index is 2.57. The highest BCUT2D eigenvalue weighted by Crippen LogP contribution is 2.10. The molecule has 100 valence electrons. The molecule has 0 aliphatic heterocycles.